The van der Waals surface area contributed by atoms with Gasteiger partial charge < -0.3 is 11.1 Å². The largest absolute Gasteiger partial charge is 0.352 e. The Kier molecular flexibility index (Phi) is 5.51. The molecule has 3 unspecified atom stereocenters. The zero-order chi connectivity index (χ0) is 14.9. The Morgan fingerprint density at radius 3 is 2.64 bits per heavy atom. The Morgan fingerprint density at radius 1 is 1.36 bits per heavy atom. The molecule has 0 heterocycles. The average molecular weight is 323 g/mol. The van der Waals surface area contributed by atoms with Crippen molar-refractivity contribution in [1.82, 2.24) is 5.32 Å². The minimum absolute atomic E-state index is 0. The molecule has 3 rings (SSSR count). The van der Waals surface area contributed by atoms with E-state index < -0.39 is 0 Å². The van der Waals surface area contributed by atoms with Crippen LogP contribution in [0.1, 0.15) is 38.2 Å². The number of nitrogens with one attached hydrogen (secondary N) is 1. The Morgan fingerprint density at radius 2 is 2.09 bits per heavy atom. The first-order valence-corrected chi connectivity index (χ1v) is 8.19. The van der Waals surface area contributed by atoms with Gasteiger partial charge in [0, 0.05) is 12.6 Å². The second kappa shape index (κ2) is 7.01. The molecule has 0 radical (unpaired) electrons. The number of rotatable bonds is 5. The molecule has 3 nitrogen and oxygen atoms in total. The Hall–Kier alpha value is -1.06. The molecule has 2 fully saturated rings. The molecule has 3 N–H and O–H groups in total. The van der Waals surface area contributed by atoms with Gasteiger partial charge in [0.2, 0.25) is 5.91 Å². The van der Waals surface area contributed by atoms with Gasteiger partial charge in [-0.15, -0.1) is 12.4 Å². The molecule has 0 aromatic heterocycles. The van der Waals surface area contributed by atoms with Crippen molar-refractivity contribution >= 4 is 18.3 Å². The highest BCUT2D eigenvalue weighted by atomic mass is 35.5. The van der Waals surface area contributed by atoms with Crippen molar-refractivity contribution in [3.8, 4) is 0 Å². The monoisotopic (exact) mass is 322 g/mol. The fourth-order valence-electron chi connectivity index (χ4n) is 4.41. The first kappa shape index (κ1) is 17.3. The summed E-state index contributed by atoms with van der Waals surface area (Å²) in [6.45, 7) is 2.49. The van der Waals surface area contributed by atoms with Gasteiger partial charge in [0.1, 0.15) is 0 Å². The number of carbonyl (C=O) groups is 1. The van der Waals surface area contributed by atoms with Gasteiger partial charge in [0.05, 0.1) is 5.41 Å². The maximum Gasteiger partial charge on any atom is 0.227 e. The molecular weight excluding hydrogens is 296 g/mol. The van der Waals surface area contributed by atoms with Crippen molar-refractivity contribution in [2.75, 3.05) is 6.54 Å². The van der Waals surface area contributed by atoms with E-state index in [2.05, 4.69) is 29.6 Å². The fraction of sp³-hybridized carbons (Fsp3) is 0.611. The molecule has 4 atom stereocenters. The van der Waals surface area contributed by atoms with Crippen LogP contribution in [-0.4, -0.2) is 18.5 Å². The number of benzene rings is 1. The van der Waals surface area contributed by atoms with Crippen LogP contribution in [0.25, 0.3) is 0 Å². The lowest BCUT2D eigenvalue weighted by Gasteiger charge is -2.37. The number of fused-ring (bicyclic) bond motifs is 2. The quantitative estimate of drug-likeness (QED) is 0.875. The second-order valence-electron chi connectivity index (χ2n) is 7.01. The molecule has 0 aliphatic heterocycles. The molecule has 2 aliphatic carbocycles. The van der Waals surface area contributed by atoms with E-state index in [4.69, 9.17) is 5.73 Å². The Balaban J connectivity index is 0.00000176. The summed E-state index contributed by atoms with van der Waals surface area (Å²) in [7, 11) is 0. The van der Waals surface area contributed by atoms with E-state index in [-0.39, 0.29) is 29.8 Å². The fourth-order valence-corrected chi connectivity index (χ4v) is 4.41. The number of hydrogen-bond donors (Lipinski definition) is 2. The van der Waals surface area contributed by atoms with Crippen LogP contribution in [0.15, 0.2) is 30.3 Å². The standard InChI is InChI=1S/C18H26N2O.ClH/c1-13(12-19)20-17(21)18(10-14-5-3-2-4-6-14)11-15-7-8-16(18)9-15;/h2-6,13,15-16H,7-12,19H2,1H3,(H,20,21);1H/t13-,15?,16?,18?;/m0./s1. The second-order valence-corrected chi connectivity index (χ2v) is 7.01. The van der Waals surface area contributed by atoms with Crippen LogP contribution >= 0.6 is 12.4 Å². The normalized spacial score (nSPS) is 30.6. The number of amides is 1. The van der Waals surface area contributed by atoms with E-state index in [0.717, 1.165) is 18.8 Å². The number of halogens is 1. The summed E-state index contributed by atoms with van der Waals surface area (Å²) in [6.07, 6.45) is 5.67. The molecule has 122 valence electrons. The smallest absolute Gasteiger partial charge is 0.227 e. The van der Waals surface area contributed by atoms with Crippen LogP contribution in [0, 0.1) is 17.3 Å². The van der Waals surface area contributed by atoms with Gasteiger partial charge in [0.15, 0.2) is 0 Å². The van der Waals surface area contributed by atoms with Gasteiger partial charge in [-0.1, -0.05) is 36.8 Å². The van der Waals surface area contributed by atoms with Crippen LogP contribution in [0.5, 0.6) is 0 Å². The van der Waals surface area contributed by atoms with E-state index in [1.165, 1.54) is 24.8 Å². The molecule has 1 aromatic carbocycles. The first-order chi connectivity index (χ1) is 10.1. The van der Waals surface area contributed by atoms with Crippen LogP contribution in [0.4, 0.5) is 0 Å². The van der Waals surface area contributed by atoms with Crippen molar-refractivity contribution in [3.63, 3.8) is 0 Å². The highest BCUT2D eigenvalue weighted by molar-refractivity contribution is 5.85. The molecule has 1 amide bonds. The summed E-state index contributed by atoms with van der Waals surface area (Å²) in [5.41, 5.74) is 6.75. The lowest BCUT2D eigenvalue weighted by molar-refractivity contribution is -0.134. The maximum atomic E-state index is 13.0. The number of carbonyl (C=O) groups excluding carboxylic acids is 1. The highest BCUT2D eigenvalue weighted by Crippen LogP contribution is 2.57. The predicted molar refractivity (Wildman–Crippen MR) is 91.9 cm³/mol. The minimum Gasteiger partial charge on any atom is -0.352 e. The first-order valence-electron chi connectivity index (χ1n) is 8.19. The van der Waals surface area contributed by atoms with Gasteiger partial charge >= 0.3 is 0 Å². The lowest BCUT2D eigenvalue weighted by atomic mass is 9.68. The Labute approximate surface area is 139 Å². The van der Waals surface area contributed by atoms with E-state index in [0.29, 0.717) is 12.5 Å². The van der Waals surface area contributed by atoms with Crippen molar-refractivity contribution in [1.29, 1.82) is 0 Å². The SMILES string of the molecule is C[C@@H](CN)NC(=O)C1(Cc2ccccc2)CC2CCC1C2.Cl. The van der Waals surface area contributed by atoms with Gasteiger partial charge in [-0.2, -0.15) is 0 Å². The average Bonchev–Trinajstić information content (AvgIpc) is 3.09. The van der Waals surface area contributed by atoms with Crippen molar-refractivity contribution in [2.45, 2.75) is 45.1 Å². The predicted octanol–water partition coefficient (Wildman–Crippen LogP) is 2.92. The third-order valence-corrected chi connectivity index (χ3v) is 5.52. The molecule has 22 heavy (non-hydrogen) atoms. The minimum atomic E-state index is -0.201. The van der Waals surface area contributed by atoms with E-state index >= 15 is 0 Å². The summed E-state index contributed by atoms with van der Waals surface area (Å²) < 4.78 is 0. The molecule has 2 bridgehead atoms. The molecular formula is C18H27ClN2O. The van der Waals surface area contributed by atoms with Crippen LogP contribution in [0.3, 0.4) is 0 Å². The summed E-state index contributed by atoms with van der Waals surface area (Å²) >= 11 is 0. The van der Waals surface area contributed by atoms with Crippen molar-refractivity contribution in [2.24, 2.45) is 23.0 Å². The maximum absolute atomic E-state index is 13.0. The number of hydrogen-bond acceptors (Lipinski definition) is 2. The molecule has 4 heteroatoms. The highest BCUT2D eigenvalue weighted by Gasteiger charge is 2.55. The molecule has 1 aromatic rings. The van der Waals surface area contributed by atoms with Crippen molar-refractivity contribution < 1.29 is 4.79 Å². The topological polar surface area (TPSA) is 55.1 Å². The summed E-state index contributed by atoms with van der Waals surface area (Å²) in [5.74, 6) is 1.53. The molecule has 2 saturated carbocycles. The molecule has 0 saturated heterocycles. The van der Waals surface area contributed by atoms with Gasteiger partial charge in [-0.3, -0.25) is 4.79 Å². The van der Waals surface area contributed by atoms with Gasteiger partial charge in [0.25, 0.3) is 0 Å². The summed E-state index contributed by atoms with van der Waals surface area (Å²) in [4.78, 5) is 13.0. The van der Waals surface area contributed by atoms with Crippen LogP contribution < -0.4 is 11.1 Å². The molecule has 0 spiro atoms. The third kappa shape index (κ3) is 3.16. The van der Waals surface area contributed by atoms with Gasteiger partial charge in [-0.25, -0.2) is 0 Å². The lowest BCUT2D eigenvalue weighted by Crippen LogP contribution is -2.50. The van der Waals surface area contributed by atoms with Crippen LogP contribution in [-0.2, 0) is 11.2 Å². The van der Waals surface area contributed by atoms with E-state index in [9.17, 15) is 4.79 Å². The van der Waals surface area contributed by atoms with E-state index in [1.54, 1.807) is 0 Å². The summed E-state index contributed by atoms with van der Waals surface area (Å²) in [5, 5.41) is 3.15. The van der Waals surface area contributed by atoms with Crippen molar-refractivity contribution in [3.05, 3.63) is 35.9 Å². The molecule has 2 aliphatic rings. The Bertz CT molecular complexity index is 507. The zero-order valence-corrected chi connectivity index (χ0v) is 14.1. The zero-order valence-electron chi connectivity index (χ0n) is 13.3. The van der Waals surface area contributed by atoms with E-state index in [1.807, 2.05) is 13.0 Å². The third-order valence-electron chi connectivity index (χ3n) is 5.52. The number of nitrogens with two attached hydrogens (primary N) is 1. The van der Waals surface area contributed by atoms with Gasteiger partial charge in [-0.05, 0) is 50.0 Å². The summed E-state index contributed by atoms with van der Waals surface area (Å²) in [6, 6.07) is 10.5. The van der Waals surface area contributed by atoms with Crippen LogP contribution in [0.2, 0.25) is 0 Å².